The average Bonchev–Trinajstić information content (AvgIpc) is 3.40. The predicted octanol–water partition coefficient (Wildman–Crippen LogP) is 6.22. The molecular formula is C27H21FN4. The molecule has 3 aromatic heterocycles. The molecular weight excluding hydrogens is 399 g/mol. The highest BCUT2D eigenvalue weighted by molar-refractivity contribution is 6.04. The van der Waals surface area contributed by atoms with E-state index in [-0.39, 0.29) is 5.82 Å². The second-order valence-electron chi connectivity index (χ2n) is 8.23. The summed E-state index contributed by atoms with van der Waals surface area (Å²) in [6.45, 7) is 2.93. The number of rotatable bonds is 3. The highest BCUT2D eigenvalue weighted by Gasteiger charge is 2.26. The van der Waals surface area contributed by atoms with E-state index in [0.29, 0.717) is 0 Å². The SMILES string of the molecule is Cc1cccc(-c2nn3c(c2-c2ccnc4c(-c5ccc(F)cc5)cccc24)CCC3)n1. The molecule has 1 aliphatic rings. The predicted molar refractivity (Wildman–Crippen MR) is 125 cm³/mol. The first-order valence-corrected chi connectivity index (χ1v) is 10.9. The molecule has 32 heavy (non-hydrogen) atoms. The lowest BCUT2D eigenvalue weighted by Gasteiger charge is -2.12. The van der Waals surface area contributed by atoms with Gasteiger partial charge in [-0.3, -0.25) is 14.6 Å². The Labute approximate surface area is 185 Å². The van der Waals surface area contributed by atoms with Crippen molar-refractivity contribution in [3.8, 4) is 33.6 Å². The zero-order chi connectivity index (χ0) is 21.7. The van der Waals surface area contributed by atoms with Gasteiger partial charge < -0.3 is 0 Å². The summed E-state index contributed by atoms with van der Waals surface area (Å²) in [6, 6.07) is 20.9. The van der Waals surface area contributed by atoms with Crippen LogP contribution in [0.15, 0.2) is 72.9 Å². The van der Waals surface area contributed by atoms with Crippen molar-refractivity contribution in [1.29, 1.82) is 0 Å². The van der Waals surface area contributed by atoms with E-state index in [1.807, 2.05) is 43.5 Å². The first kappa shape index (κ1) is 18.9. The van der Waals surface area contributed by atoms with Gasteiger partial charge in [-0.05, 0) is 61.2 Å². The van der Waals surface area contributed by atoms with Crippen LogP contribution in [0.25, 0.3) is 44.5 Å². The Kier molecular flexibility index (Phi) is 4.35. The molecule has 0 spiro atoms. The van der Waals surface area contributed by atoms with Crippen LogP contribution in [0.5, 0.6) is 0 Å². The van der Waals surface area contributed by atoms with Crippen LogP contribution in [-0.4, -0.2) is 19.7 Å². The third-order valence-electron chi connectivity index (χ3n) is 6.17. The maximum atomic E-state index is 13.5. The minimum absolute atomic E-state index is 0.242. The van der Waals surface area contributed by atoms with Crippen molar-refractivity contribution in [3.63, 3.8) is 0 Å². The molecule has 6 rings (SSSR count). The maximum Gasteiger partial charge on any atom is 0.123 e. The van der Waals surface area contributed by atoms with Crippen LogP contribution in [0.2, 0.25) is 0 Å². The van der Waals surface area contributed by atoms with E-state index in [9.17, 15) is 4.39 Å². The third-order valence-corrected chi connectivity index (χ3v) is 6.17. The molecule has 0 bridgehead atoms. The highest BCUT2D eigenvalue weighted by Crippen LogP contribution is 2.41. The number of halogens is 1. The summed E-state index contributed by atoms with van der Waals surface area (Å²) >= 11 is 0. The molecule has 0 saturated heterocycles. The van der Waals surface area contributed by atoms with E-state index in [2.05, 4.69) is 16.8 Å². The molecule has 0 fully saturated rings. The van der Waals surface area contributed by atoms with Gasteiger partial charge >= 0.3 is 0 Å². The fraction of sp³-hybridized carbons (Fsp3) is 0.148. The largest absolute Gasteiger partial charge is 0.268 e. The molecule has 5 aromatic rings. The van der Waals surface area contributed by atoms with Gasteiger partial charge in [0.1, 0.15) is 11.5 Å². The lowest BCUT2D eigenvalue weighted by Crippen LogP contribution is -1.95. The molecule has 0 amide bonds. The number of fused-ring (bicyclic) bond motifs is 2. The quantitative estimate of drug-likeness (QED) is 0.348. The van der Waals surface area contributed by atoms with E-state index in [0.717, 1.165) is 69.6 Å². The molecule has 0 saturated carbocycles. The Morgan fingerprint density at radius 1 is 0.906 bits per heavy atom. The number of pyridine rings is 2. The molecule has 5 heteroatoms. The van der Waals surface area contributed by atoms with Crippen LogP contribution in [0, 0.1) is 12.7 Å². The fourth-order valence-electron chi connectivity index (χ4n) is 4.73. The number of aromatic nitrogens is 4. The third kappa shape index (κ3) is 3.01. The average molecular weight is 420 g/mol. The molecule has 156 valence electrons. The van der Waals surface area contributed by atoms with Crippen LogP contribution in [-0.2, 0) is 13.0 Å². The minimum Gasteiger partial charge on any atom is -0.268 e. The molecule has 4 heterocycles. The van der Waals surface area contributed by atoms with Crippen molar-refractivity contribution in [2.24, 2.45) is 0 Å². The van der Waals surface area contributed by atoms with Crippen molar-refractivity contribution in [3.05, 3.63) is 90.1 Å². The summed E-state index contributed by atoms with van der Waals surface area (Å²) in [5, 5.41) is 6.03. The van der Waals surface area contributed by atoms with Crippen LogP contribution in [0.1, 0.15) is 17.8 Å². The van der Waals surface area contributed by atoms with Crippen molar-refractivity contribution >= 4 is 10.9 Å². The van der Waals surface area contributed by atoms with E-state index < -0.39 is 0 Å². The van der Waals surface area contributed by atoms with Crippen molar-refractivity contribution in [1.82, 2.24) is 19.7 Å². The summed E-state index contributed by atoms with van der Waals surface area (Å²) in [6.07, 6.45) is 3.95. The summed E-state index contributed by atoms with van der Waals surface area (Å²) in [4.78, 5) is 9.49. The van der Waals surface area contributed by atoms with Gasteiger partial charge in [0.15, 0.2) is 0 Å². The molecule has 4 nitrogen and oxygen atoms in total. The van der Waals surface area contributed by atoms with Gasteiger partial charge in [-0.2, -0.15) is 5.10 Å². The number of nitrogens with zero attached hydrogens (tertiary/aromatic N) is 4. The topological polar surface area (TPSA) is 43.6 Å². The smallest absolute Gasteiger partial charge is 0.123 e. The lowest BCUT2D eigenvalue weighted by atomic mass is 9.94. The molecule has 0 N–H and O–H groups in total. The summed E-state index contributed by atoms with van der Waals surface area (Å²) in [5.41, 5.74) is 9.13. The maximum absolute atomic E-state index is 13.5. The monoisotopic (exact) mass is 420 g/mol. The number of hydrogen-bond acceptors (Lipinski definition) is 3. The normalized spacial score (nSPS) is 12.9. The zero-order valence-electron chi connectivity index (χ0n) is 17.7. The Morgan fingerprint density at radius 3 is 2.59 bits per heavy atom. The van der Waals surface area contributed by atoms with Gasteiger partial charge in [-0.25, -0.2) is 4.39 Å². The summed E-state index contributed by atoms with van der Waals surface area (Å²) < 4.78 is 15.6. The van der Waals surface area contributed by atoms with Gasteiger partial charge in [-0.15, -0.1) is 0 Å². The van der Waals surface area contributed by atoms with Crippen LogP contribution < -0.4 is 0 Å². The summed E-state index contributed by atoms with van der Waals surface area (Å²) in [5.74, 6) is -0.242. The van der Waals surface area contributed by atoms with Crippen molar-refractivity contribution < 1.29 is 4.39 Å². The van der Waals surface area contributed by atoms with Gasteiger partial charge in [0.25, 0.3) is 0 Å². The zero-order valence-corrected chi connectivity index (χ0v) is 17.7. The Balaban J connectivity index is 1.62. The molecule has 0 aliphatic carbocycles. The second kappa shape index (κ2) is 7.38. The van der Waals surface area contributed by atoms with Gasteiger partial charge in [0.05, 0.1) is 11.2 Å². The van der Waals surface area contributed by atoms with E-state index >= 15 is 0 Å². The van der Waals surface area contributed by atoms with Crippen LogP contribution in [0.4, 0.5) is 4.39 Å². The van der Waals surface area contributed by atoms with Gasteiger partial charge in [0.2, 0.25) is 0 Å². The molecule has 2 aromatic carbocycles. The van der Waals surface area contributed by atoms with Crippen LogP contribution in [0.3, 0.4) is 0 Å². The number of para-hydroxylation sites is 1. The van der Waals surface area contributed by atoms with Crippen LogP contribution >= 0.6 is 0 Å². The van der Waals surface area contributed by atoms with E-state index in [4.69, 9.17) is 15.1 Å². The molecule has 0 radical (unpaired) electrons. The van der Waals surface area contributed by atoms with E-state index in [1.54, 1.807) is 12.1 Å². The first-order chi connectivity index (χ1) is 15.7. The lowest BCUT2D eigenvalue weighted by molar-refractivity contribution is 0.628. The first-order valence-electron chi connectivity index (χ1n) is 10.9. The van der Waals surface area contributed by atoms with Crippen molar-refractivity contribution in [2.45, 2.75) is 26.3 Å². The van der Waals surface area contributed by atoms with E-state index in [1.165, 1.54) is 17.8 Å². The van der Waals surface area contributed by atoms with Crippen molar-refractivity contribution in [2.75, 3.05) is 0 Å². The van der Waals surface area contributed by atoms with Gasteiger partial charge in [0, 0.05) is 40.6 Å². The number of aryl methyl sites for hydroxylation is 2. The highest BCUT2D eigenvalue weighted by atomic mass is 19.1. The Hall–Kier alpha value is -3.86. The summed E-state index contributed by atoms with van der Waals surface area (Å²) in [7, 11) is 0. The molecule has 1 aliphatic heterocycles. The molecule has 0 unspecified atom stereocenters. The Bertz CT molecular complexity index is 1470. The Morgan fingerprint density at radius 2 is 1.75 bits per heavy atom. The minimum atomic E-state index is -0.242. The molecule has 0 atom stereocenters. The standard InChI is InChI=1S/C27H21FN4/c1-17-5-2-8-23(30-17)27-25(24-9-4-16-32(24)31-27)21-14-15-29-26-20(6-3-7-22(21)26)18-10-12-19(28)13-11-18/h2-3,5-8,10-15H,4,9,16H2,1H3. The fourth-order valence-corrected chi connectivity index (χ4v) is 4.73. The number of hydrogen-bond donors (Lipinski definition) is 0. The second-order valence-corrected chi connectivity index (χ2v) is 8.23. The van der Waals surface area contributed by atoms with Gasteiger partial charge in [-0.1, -0.05) is 36.4 Å². The number of benzene rings is 2.